The average molecular weight is 279 g/mol. The second-order valence-corrected chi connectivity index (χ2v) is 4.90. The lowest BCUT2D eigenvalue weighted by molar-refractivity contribution is 0.132. The average Bonchev–Trinajstić information content (AvgIpc) is 3.30. The van der Waals surface area contributed by atoms with E-state index in [-0.39, 0.29) is 25.4 Å². The molecule has 0 bridgehead atoms. The maximum absolute atomic E-state index is 11.8. The second kappa shape index (κ2) is 7.87. The van der Waals surface area contributed by atoms with Crippen LogP contribution in [-0.4, -0.2) is 36.6 Å². The maximum Gasteiger partial charge on any atom is 0.407 e. The van der Waals surface area contributed by atoms with Gasteiger partial charge in [-0.1, -0.05) is 30.3 Å². The summed E-state index contributed by atoms with van der Waals surface area (Å²) in [6.45, 7) is 1.13. The quantitative estimate of drug-likeness (QED) is 0.562. The van der Waals surface area contributed by atoms with E-state index in [4.69, 9.17) is 14.6 Å². The number of amides is 1. The van der Waals surface area contributed by atoms with Crippen molar-refractivity contribution >= 4 is 6.09 Å². The summed E-state index contributed by atoms with van der Waals surface area (Å²) in [4.78, 5) is 11.8. The van der Waals surface area contributed by atoms with Gasteiger partial charge >= 0.3 is 6.09 Å². The van der Waals surface area contributed by atoms with Crippen molar-refractivity contribution in [2.75, 3.05) is 13.2 Å². The van der Waals surface area contributed by atoms with E-state index < -0.39 is 6.09 Å². The number of carbonyl (C=O) groups excluding carboxylic acids is 1. The van der Waals surface area contributed by atoms with Crippen LogP contribution in [0.5, 0.6) is 0 Å². The predicted octanol–water partition coefficient (Wildman–Crippen LogP) is 1.84. The Hall–Kier alpha value is -1.59. The molecule has 0 unspecified atom stereocenters. The molecule has 1 amide bonds. The van der Waals surface area contributed by atoms with E-state index >= 15 is 0 Å². The van der Waals surface area contributed by atoms with Crippen molar-refractivity contribution in [1.82, 2.24) is 5.32 Å². The zero-order chi connectivity index (χ0) is 14.2. The lowest BCUT2D eigenvalue weighted by atomic mass is 10.1. The number of carbonyl (C=O) groups is 1. The number of ether oxygens (including phenoxy) is 2. The van der Waals surface area contributed by atoms with Crippen LogP contribution in [0.4, 0.5) is 4.79 Å². The van der Waals surface area contributed by atoms with Crippen LogP contribution in [0.3, 0.4) is 0 Å². The zero-order valence-electron chi connectivity index (χ0n) is 11.5. The molecule has 1 aromatic rings. The number of alkyl carbamates (subject to hydrolysis) is 1. The molecule has 0 aliphatic carbocycles. The summed E-state index contributed by atoms with van der Waals surface area (Å²) in [5.41, 5.74) is 0.960. The van der Waals surface area contributed by atoms with Gasteiger partial charge in [-0.25, -0.2) is 4.79 Å². The molecule has 5 nitrogen and oxygen atoms in total. The van der Waals surface area contributed by atoms with Gasteiger partial charge in [0.2, 0.25) is 0 Å². The summed E-state index contributed by atoms with van der Waals surface area (Å²) < 4.78 is 10.4. The van der Waals surface area contributed by atoms with Crippen molar-refractivity contribution in [2.24, 2.45) is 0 Å². The molecular weight excluding hydrogens is 258 g/mol. The third-order valence-electron chi connectivity index (χ3n) is 3.25. The highest BCUT2D eigenvalue weighted by Gasteiger charge is 2.33. The van der Waals surface area contributed by atoms with Crippen LogP contribution < -0.4 is 5.32 Å². The van der Waals surface area contributed by atoms with Crippen molar-refractivity contribution in [1.29, 1.82) is 0 Å². The first-order valence-electron chi connectivity index (χ1n) is 6.99. The molecular formula is C15H21NO4. The highest BCUT2D eigenvalue weighted by Crippen LogP contribution is 2.18. The molecule has 0 saturated carbocycles. The molecule has 5 heteroatoms. The Balaban J connectivity index is 1.71. The van der Waals surface area contributed by atoms with Gasteiger partial charge in [-0.05, 0) is 24.8 Å². The summed E-state index contributed by atoms with van der Waals surface area (Å²) in [6.07, 6.45) is 2.08. The predicted molar refractivity (Wildman–Crippen MR) is 74.2 cm³/mol. The normalized spacial score (nSPS) is 18.4. The Morgan fingerprint density at radius 1 is 1.40 bits per heavy atom. The number of unbranched alkanes of at least 4 members (excludes halogenated alkanes) is 1. The molecule has 2 atom stereocenters. The highest BCUT2D eigenvalue weighted by atomic mass is 16.6. The Bertz CT molecular complexity index is 406. The molecule has 0 radical (unpaired) electrons. The third-order valence-corrected chi connectivity index (χ3v) is 3.25. The standard InChI is InChI=1S/C15H21NO4/c17-9-5-4-8-13(14-11-19-14)16-15(18)20-10-12-6-2-1-3-7-12/h1-3,6-7,13-14,17H,4-5,8-11H2,(H,16,18)/t13-,14+/m0/s1. The number of nitrogens with one attached hydrogen (secondary N) is 1. The summed E-state index contributed by atoms with van der Waals surface area (Å²) >= 11 is 0. The minimum Gasteiger partial charge on any atom is -0.445 e. The van der Waals surface area contributed by atoms with Crippen molar-refractivity contribution in [3.63, 3.8) is 0 Å². The molecule has 0 spiro atoms. The van der Waals surface area contributed by atoms with Crippen molar-refractivity contribution in [2.45, 2.75) is 38.0 Å². The SMILES string of the molecule is O=C(N[C@@H](CCCCO)[C@H]1CO1)OCc1ccccc1. The number of benzene rings is 1. The Labute approximate surface area is 118 Å². The van der Waals surface area contributed by atoms with Crippen LogP contribution in [0.15, 0.2) is 30.3 Å². The first-order valence-corrected chi connectivity index (χ1v) is 6.99. The van der Waals surface area contributed by atoms with Gasteiger partial charge < -0.3 is 19.9 Å². The van der Waals surface area contributed by atoms with Crippen molar-refractivity contribution in [3.8, 4) is 0 Å². The topological polar surface area (TPSA) is 71.1 Å². The van der Waals surface area contributed by atoms with E-state index in [0.29, 0.717) is 6.61 Å². The van der Waals surface area contributed by atoms with Gasteiger partial charge in [-0.3, -0.25) is 0 Å². The van der Waals surface area contributed by atoms with Gasteiger partial charge in [0.05, 0.1) is 12.6 Å². The fourth-order valence-corrected chi connectivity index (χ4v) is 2.03. The molecule has 20 heavy (non-hydrogen) atoms. The van der Waals surface area contributed by atoms with Crippen LogP contribution in [0.1, 0.15) is 24.8 Å². The van der Waals surface area contributed by atoms with E-state index in [9.17, 15) is 4.79 Å². The van der Waals surface area contributed by atoms with E-state index in [0.717, 1.165) is 24.8 Å². The van der Waals surface area contributed by atoms with E-state index in [2.05, 4.69) is 5.32 Å². The molecule has 1 aliphatic heterocycles. The number of epoxide rings is 1. The molecule has 0 aromatic heterocycles. The smallest absolute Gasteiger partial charge is 0.407 e. The van der Waals surface area contributed by atoms with Crippen LogP contribution in [-0.2, 0) is 16.1 Å². The summed E-state index contributed by atoms with van der Waals surface area (Å²) in [5.74, 6) is 0. The van der Waals surface area contributed by atoms with Crippen LogP contribution in [0.25, 0.3) is 0 Å². The number of hydrogen-bond donors (Lipinski definition) is 2. The Morgan fingerprint density at radius 2 is 2.15 bits per heavy atom. The monoisotopic (exact) mass is 279 g/mol. The molecule has 1 aliphatic rings. The van der Waals surface area contributed by atoms with E-state index in [1.54, 1.807) is 0 Å². The van der Waals surface area contributed by atoms with Gasteiger partial charge in [0.1, 0.15) is 12.7 Å². The summed E-state index contributed by atoms with van der Waals surface area (Å²) in [6, 6.07) is 9.54. The molecule has 1 saturated heterocycles. The van der Waals surface area contributed by atoms with Gasteiger partial charge in [-0.15, -0.1) is 0 Å². The van der Waals surface area contributed by atoms with Gasteiger partial charge in [0.25, 0.3) is 0 Å². The molecule has 1 aromatic carbocycles. The van der Waals surface area contributed by atoms with Crippen molar-refractivity contribution in [3.05, 3.63) is 35.9 Å². The molecule has 2 N–H and O–H groups in total. The van der Waals surface area contributed by atoms with E-state index in [1.165, 1.54) is 0 Å². The third kappa shape index (κ3) is 5.19. The Kier molecular flexibility index (Phi) is 5.83. The van der Waals surface area contributed by atoms with E-state index in [1.807, 2.05) is 30.3 Å². The largest absolute Gasteiger partial charge is 0.445 e. The van der Waals surface area contributed by atoms with Crippen LogP contribution in [0.2, 0.25) is 0 Å². The maximum atomic E-state index is 11.8. The highest BCUT2D eigenvalue weighted by molar-refractivity contribution is 5.67. The molecule has 1 heterocycles. The van der Waals surface area contributed by atoms with Crippen LogP contribution in [0, 0.1) is 0 Å². The van der Waals surface area contributed by atoms with Gasteiger partial charge in [-0.2, -0.15) is 0 Å². The minimum atomic E-state index is -0.418. The molecule has 110 valence electrons. The number of aliphatic hydroxyl groups is 1. The van der Waals surface area contributed by atoms with Gasteiger partial charge in [0.15, 0.2) is 0 Å². The fraction of sp³-hybridized carbons (Fsp3) is 0.533. The minimum absolute atomic E-state index is 0.0233. The van der Waals surface area contributed by atoms with Crippen LogP contribution >= 0.6 is 0 Å². The lowest BCUT2D eigenvalue weighted by Crippen LogP contribution is -2.39. The van der Waals surface area contributed by atoms with Crippen molar-refractivity contribution < 1.29 is 19.4 Å². The fourth-order valence-electron chi connectivity index (χ4n) is 2.03. The molecule has 2 rings (SSSR count). The number of aliphatic hydroxyl groups excluding tert-OH is 1. The number of rotatable bonds is 8. The lowest BCUT2D eigenvalue weighted by Gasteiger charge is -2.16. The summed E-state index contributed by atoms with van der Waals surface area (Å²) in [7, 11) is 0. The Morgan fingerprint density at radius 3 is 2.80 bits per heavy atom. The summed E-state index contributed by atoms with van der Waals surface area (Å²) in [5, 5.41) is 11.6. The zero-order valence-corrected chi connectivity index (χ0v) is 11.5. The first-order chi connectivity index (χ1) is 9.79. The van der Waals surface area contributed by atoms with Gasteiger partial charge in [0, 0.05) is 6.61 Å². The first kappa shape index (κ1) is 14.8. The number of hydrogen-bond acceptors (Lipinski definition) is 4. The molecule has 1 fully saturated rings. The second-order valence-electron chi connectivity index (χ2n) is 4.90.